The molecule has 0 radical (unpaired) electrons. The molecule has 2 rings (SSSR count). The number of nitrogens with two attached hydrogens (primary N) is 1. The molecule has 5 nitrogen and oxygen atoms in total. The number of rotatable bonds is 2. The molecule has 2 unspecified atom stereocenters. The van der Waals surface area contributed by atoms with E-state index in [1.165, 1.54) is 0 Å². The van der Waals surface area contributed by atoms with Crippen LogP contribution in [-0.2, 0) is 0 Å². The minimum absolute atomic E-state index is 0.127. The first-order chi connectivity index (χ1) is 8.54. The largest absolute Gasteiger partial charge is 0.409 e. The SMILES string of the molecule is Cc1ccnc(N2CC(C)CC2C)c1/C(N)=N/O. The summed E-state index contributed by atoms with van der Waals surface area (Å²) in [5.74, 6) is 1.59. The third kappa shape index (κ3) is 2.12. The van der Waals surface area contributed by atoms with Gasteiger partial charge in [0.25, 0.3) is 0 Å². The normalized spacial score (nSPS) is 24.6. The van der Waals surface area contributed by atoms with E-state index in [4.69, 9.17) is 10.9 Å². The number of hydrogen-bond acceptors (Lipinski definition) is 4. The molecule has 0 amide bonds. The van der Waals surface area contributed by atoms with Gasteiger partial charge in [-0.1, -0.05) is 12.1 Å². The standard InChI is InChI=1S/C13H20N4O/c1-8-6-10(3)17(7-8)13-11(12(14)16-18)9(2)4-5-15-13/h4-5,8,10,18H,6-7H2,1-3H3,(H2,14,16). The van der Waals surface area contributed by atoms with Crippen LogP contribution in [0.3, 0.4) is 0 Å². The van der Waals surface area contributed by atoms with Crippen molar-refractivity contribution in [2.75, 3.05) is 11.4 Å². The molecule has 5 heteroatoms. The fourth-order valence-corrected chi connectivity index (χ4v) is 2.72. The Kier molecular flexibility index (Phi) is 3.41. The number of oxime groups is 1. The van der Waals surface area contributed by atoms with Crippen molar-refractivity contribution in [1.82, 2.24) is 4.98 Å². The summed E-state index contributed by atoms with van der Waals surface area (Å²) in [5, 5.41) is 12.0. The second kappa shape index (κ2) is 4.84. The van der Waals surface area contributed by atoms with Gasteiger partial charge in [0, 0.05) is 18.8 Å². The monoisotopic (exact) mass is 248 g/mol. The number of amidine groups is 1. The highest BCUT2D eigenvalue weighted by molar-refractivity contribution is 6.02. The summed E-state index contributed by atoms with van der Waals surface area (Å²) in [6.07, 6.45) is 2.92. The lowest BCUT2D eigenvalue weighted by Crippen LogP contribution is -2.31. The zero-order valence-electron chi connectivity index (χ0n) is 11.1. The molecule has 0 bridgehead atoms. The van der Waals surface area contributed by atoms with E-state index in [0.717, 1.165) is 29.9 Å². The van der Waals surface area contributed by atoms with Crippen LogP contribution in [0.5, 0.6) is 0 Å². The highest BCUT2D eigenvalue weighted by Gasteiger charge is 2.29. The summed E-state index contributed by atoms with van der Waals surface area (Å²) in [4.78, 5) is 6.67. The molecule has 0 aliphatic carbocycles. The summed E-state index contributed by atoms with van der Waals surface area (Å²) in [6, 6.07) is 2.31. The summed E-state index contributed by atoms with van der Waals surface area (Å²) in [5.41, 5.74) is 7.49. The van der Waals surface area contributed by atoms with Gasteiger partial charge < -0.3 is 15.8 Å². The molecule has 1 fully saturated rings. The van der Waals surface area contributed by atoms with E-state index in [9.17, 15) is 0 Å². The number of aromatic nitrogens is 1. The van der Waals surface area contributed by atoms with Crippen molar-refractivity contribution in [3.05, 3.63) is 23.4 Å². The van der Waals surface area contributed by atoms with Gasteiger partial charge in [-0.05, 0) is 37.8 Å². The summed E-state index contributed by atoms with van der Waals surface area (Å²) in [6.45, 7) is 7.32. The van der Waals surface area contributed by atoms with Gasteiger partial charge in [0.2, 0.25) is 0 Å². The zero-order valence-corrected chi connectivity index (χ0v) is 11.1. The van der Waals surface area contributed by atoms with E-state index in [2.05, 4.69) is 28.9 Å². The van der Waals surface area contributed by atoms with Gasteiger partial charge in [-0.3, -0.25) is 0 Å². The molecule has 2 heterocycles. The summed E-state index contributed by atoms with van der Waals surface area (Å²) >= 11 is 0. The average molecular weight is 248 g/mol. The van der Waals surface area contributed by atoms with Crippen LogP contribution in [-0.4, -0.2) is 28.6 Å². The van der Waals surface area contributed by atoms with Crippen molar-refractivity contribution >= 4 is 11.7 Å². The molecular formula is C13H20N4O. The lowest BCUT2D eigenvalue weighted by atomic mass is 10.1. The zero-order chi connectivity index (χ0) is 13.3. The Bertz CT molecular complexity index is 472. The minimum Gasteiger partial charge on any atom is -0.409 e. The molecular weight excluding hydrogens is 228 g/mol. The van der Waals surface area contributed by atoms with Gasteiger partial charge in [0.1, 0.15) is 5.82 Å². The first-order valence-electron chi connectivity index (χ1n) is 6.24. The number of hydrogen-bond donors (Lipinski definition) is 2. The summed E-state index contributed by atoms with van der Waals surface area (Å²) in [7, 11) is 0. The topological polar surface area (TPSA) is 74.7 Å². The second-order valence-electron chi connectivity index (χ2n) is 5.15. The van der Waals surface area contributed by atoms with Crippen LogP contribution in [0.15, 0.2) is 17.4 Å². The summed E-state index contributed by atoms with van der Waals surface area (Å²) < 4.78 is 0. The Balaban J connectivity index is 2.48. The van der Waals surface area contributed by atoms with Crippen LogP contribution in [0, 0.1) is 12.8 Å². The lowest BCUT2D eigenvalue weighted by Gasteiger charge is -2.25. The fraction of sp³-hybridized carbons (Fsp3) is 0.538. The predicted octanol–water partition coefficient (Wildman–Crippen LogP) is 1.72. The van der Waals surface area contributed by atoms with Crippen molar-refractivity contribution < 1.29 is 5.21 Å². The predicted molar refractivity (Wildman–Crippen MR) is 72.1 cm³/mol. The van der Waals surface area contributed by atoms with Crippen molar-refractivity contribution in [3.8, 4) is 0 Å². The van der Waals surface area contributed by atoms with Crippen LogP contribution < -0.4 is 10.6 Å². The van der Waals surface area contributed by atoms with Crippen LogP contribution in [0.2, 0.25) is 0 Å². The van der Waals surface area contributed by atoms with Crippen LogP contribution in [0.25, 0.3) is 0 Å². The lowest BCUT2D eigenvalue weighted by molar-refractivity contribution is 0.318. The Morgan fingerprint density at radius 3 is 2.83 bits per heavy atom. The van der Waals surface area contributed by atoms with E-state index < -0.39 is 0 Å². The molecule has 98 valence electrons. The van der Waals surface area contributed by atoms with E-state index in [-0.39, 0.29) is 5.84 Å². The van der Waals surface area contributed by atoms with Crippen LogP contribution in [0.4, 0.5) is 5.82 Å². The van der Waals surface area contributed by atoms with Crippen LogP contribution >= 0.6 is 0 Å². The third-order valence-electron chi connectivity index (χ3n) is 3.56. The maximum Gasteiger partial charge on any atom is 0.174 e. The van der Waals surface area contributed by atoms with E-state index >= 15 is 0 Å². The van der Waals surface area contributed by atoms with Gasteiger partial charge >= 0.3 is 0 Å². The van der Waals surface area contributed by atoms with Crippen molar-refractivity contribution in [3.63, 3.8) is 0 Å². The molecule has 0 aromatic carbocycles. The molecule has 1 aliphatic rings. The van der Waals surface area contributed by atoms with Gasteiger partial charge in [0.05, 0.1) is 5.56 Å². The molecule has 0 saturated carbocycles. The van der Waals surface area contributed by atoms with Crippen molar-refractivity contribution in [1.29, 1.82) is 0 Å². The molecule has 18 heavy (non-hydrogen) atoms. The van der Waals surface area contributed by atoms with Gasteiger partial charge in [-0.15, -0.1) is 0 Å². The highest BCUT2D eigenvalue weighted by atomic mass is 16.4. The molecule has 2 atom stereocenters. The number of aryl methyl sites for hydroxylation is 1. The Morgan fingerprint density at radius 2 is 2.28 bits per heavy atom. The number of nitrogens with zero attached hydrogens (tertiary/aromatic N) is 3. The van der Waals surface area contributed by atoms with E-state index in [0.29, 0.717) is 12.0 Å². The molecule has 1 saturated heterocycles. The van der Waals surface area contributed by atoms with Gasteiger partial charge in [0.15, 0.2) is 5.84 Å². The quantitative estimate of drug-likeness (QED) is 0.362. The third-order valence-corrected chi connectivity index (χ3v) is 3.56. The average Bonchev–Trinajstić information content (AvgIpc) is 2.67. The molecule has 3 N–H and O–H groups in total. The second-order valence-corrected chi connectivity index (χ2v) is 5.15. The van der Waals surface area contributed by atoms with Gasteiger partial charge in [-0.25, -0.2) is 4.98 Å². The number of pyridine rings is 1. The maximum atomic E-state index is 8.91. The highest BCUT2D eigenvalue weighted by Crippen LogP contribution is 2.30. The van der Waals surface area contributed by atoms with Crippen molar-refractivity contribution in [2.45, 2.75) is 33.2 Å². The smallest absolute Gasteiger partial charge is 0.174 e. The molecule has 0 spiro atoms. The molecule has 1 aromatic heterocycles. The maximum absolute atomic E-state index is 8.91. The van der Waals surface area contributed by atoms with E-state index in [1.807, 2.05) is 13.0 Å². The minimum atomic E-state index is 0.127. The first-order valence-corrected chi connectivity index (χ1v) is 6.24. The van der Waals surface area contributed by atoms with E-state index in [1.54, 1.807) is 6.20 Å². The Morgan fingerprint density at radius 1 is 1.56 bits per heavy atom. The van der Waals surface area contributed by atoms with Crippen LogP contribution in [0.1, 0.15) is 31.4 Å². The Hall–Kier alpha value is -1.78. The van der Waals surface area contributed by atoms with Gasteiger partial charge in [-0.2, -0.15) is 0 Å². The molecule has 1 aliphatic heterocycles. The van der Waals surface area contributed by atoms with Crippen molar-refractivity contribution in [2.24, 2.45) is 16.8 Å². The first kappa shape index (κ1) is 12.7. The molecule has 1 aromatic rings. The Labute approximate surface area is 107 Å². The fourth-order valence-electron chi connectivity index (χ4n) is 2.72. The number of anilines is 1.